The third-order valence-electron chi connectivity index (χ3n) is 3.10. The van der Waals surface area contributed by atoms with Gasteiger partial charge >= 0.3 is 0 Å². The molecule has 1 aromatic carbocycles. The standard InChI is InChI=1S/C13H13Cl2N3/c14-10-2-1-3-11(6-10)18-12(8-16-15)7-13(17-18)9-4-5-9/h1-3,6-7,9,16H,4-5,8H2. The largest absolute Gasteiger partial charge is 0.236 e. The van der Waals surface area contributed by atoms with E-state index in [4.69, 9.17) is 23.4 Å². The number of hydrogen-bond donors (Lipinski definition) is 1. The first-order valence-corrected chi connectivity index (χ1v) is 6.72. The van der Waals surface area contributed by atoms with Crippen molar-refractivity contribution < 1.29 is 0 Å². The highest BCUT2D eigenvalue weighted by molar-refractivity contribution is 6.30. The fraction of sp³-hybridized carbons (Fsp3) is 0.308. The van der Waals surface area contributed by atoms with E-state index in [0.717, 1.165) is 17.1 Å². The van der Waals surface area contributed by atoms with Crippen LogP contribution < -0.4 is 4.84 Å². The lowest BCUT2D eigenvalue weighted by atomic mass is 10.2. The molecule has 1 saturated carbocycles. The van der Waals surface area contributed by atoms with Gasteiger partial charge in [-0.3, -0.25) is 0 Å². The molecule has 94 valence electrons. The molecular formula is C13H13Cl2N3. The number of rotatable bonds is 4. The highest BCUT2D eigenvalue weighted by atomic mass is 35.5. The van der Waals surface area contributed by atoms with E-state index in [0.29, 0.717) is 17.5 Å². The van der Waals surface area contributed by atoms with Gasteiger partial charge in [-0.2, -0.15) is 5.10 Å². The minimum atomic E-state index is 0.577. The summed E-state index contributed by atoms with van der Waals surface area (Å²) in [4.78, 5) is 2.66. The summed E-state index contributed by atoms with van der Waals surface area (Å²) in [7, 11) is 0. The molecule has 3 nitrogen and oxygen atoms in total. The molecule has 18 heavy (non-hydrogen) atoms. The van der Waals surface area contributed by atoms with Gasteiger partial charge in [0.05, 0.1) is 23.6 Å². The highest BCUT2D eigenvalue weighted by Crippen LogP contribution is 2.39. The van der Waals surface area contributed by atoms with E-state index in [1.807, 2.05) is 28.9 Å². The Morgan fingerprint density at radius 3 is 2.83 bits per heavy atom. The smallest absolute Gasteiger partial charge is 0.0664 e. The summed E-state index contributed by atoms with van der Waals surface area (Å²) < 4.78 is 1.91. The summed E-state index contributed by atoms with van der Waals surface area (Å²) in [6.07, 6.45) is 2.47. The molecule has 1 aromatic heterocycles. The van der Waals surface area contributed by atoms with Crippen molar-refractivity contribution in [3.8, 4) is 5.69 Å². The number of hydrogen-bond acceptors (Lipinski definition) is 2. The van der Waals surface area contributed by atoms with Crippen molar-refractivity contribution >= 4 is 23.4 Å². The minimum absolute atomic E-state index is 0.577. The predicted octanol–water partition coefficient (Wildman–Crippen LogP) is 3.65. The third kappa shape index (κ3) is 2.39. The van der Waals surface area contributed by atoms with E-state index in [1.165, 1.54) is 12.8 Å². The van der Waals surface area contributed by atoms with Gasteiger partial charge in [-0.1, -0.05) is 17.7 Å². The molecule has 0 unspecified atom stereocenters. The quantitative estimate of drug-likeness (QED) is 0.867. The van der Waals surface area contributed by atoms with Crippen LogP contribution in [0.3, 0.4) is 0 Å². The van der Waals surface area contributed by atoms with Crippen molar-refractivity contribution in [3.63, 3.8) is 0 Å². The summed E-state index contributed by atoms with van der Waals surface area (Å²) in [6.45, 7) is 0.577. The summed E-state index contributed by atoms with van der Waals surface area (Å²) in [5.74, 6) is 0.625. The lowest BCUT2D eigenvalue weighted by Crippen LogP contribution is -2.07. The van der Waals surface area contributed by atoms with Gasteiger partial charge in [0.15, 0.2) is 0 Å². The molecule has 0 spiro atoms. The Morgan fingerprint density at radius 1 is 1.33 bits per heavy atom. The highest BCUT2D eigenvalue weighted by Gasteiger charge is 2.27. The maximum atomic E-state index is 6.02. The second-order valence-corrected chi connectivity index (χ2v) is 5.24. The van der Waals surface area contributed by atoms with Gasteiger partial charge in [0.2, 0.25) is 0 Å². The van der Waals surface area contributed by atoms with Crippen molar-refractivity contribution in [1.82, 2.24) is 14.6 Å². The lowest BCUT2D eigenvalue weighted by molar-refractivity contribution is 0.767. The first-order valence-electron chi connectivity index (χ1n) is 5.96. The van der Waals surface area contributed by atoms with E-state index in [-0.39, 0.29) is 0 Å². The molecule has 1 heterocycles. The summed E-state index contributed by atoms with van der Waals surface area (Å²) in [5, 5.41) is 5.37. The Hall–Kier alpha value is -1.03. The van der Waals surface area contributed by atoms with Gasteiger partial charge in [-0.05, 0) is 48.9 Å². The molecule has 2 aromatic rings. The minimum Gasteiger partial charge on any atom is -0.236 e. The van der Waals surface area contributed by atoms with Crippen LogP contribution in [0.4, 0.5) is 0 Å². The van der Waals surface area contributed by atoms with Crippen LogP contribution in [-0.2, 0) is 6.54 Å². The molecule has 0 atom stereocenters. The van der Waals surface area contributed by atoms with Crippen molar-refractivity contribution in [2.24, 2.45) is 0 Å². The Labute approximate surface area is 116 Å². The Kier molecular flexibility index (Phi) is 3.29. The van der Waals surface area contributed by atoms with Crippen LogP contribution in [-0.4, -0.2) is 9.78 Å². The van der Waals surface area contributed by atoms with Crippen LogP contribution in [0.25, 0.3) is 5.69 Å². The zero-order chi connectivity index (χ0) is 12.5. The average molecular weight is 282 g/mol. The maximum Gasteiger partial charge on any atom is 0.0664 e. The fourth-order valence-corrected chi connectivity index (χ4v) is 2.37. The summed E-state index contributed by atoms with van der Waals surface area (Å²) in [5.41, 5.74) is 3.17. The van der Waals surface area contributed by atoms with E-state index >= 15 is 0 Å². The molecule has 0 radical (unpaired) electrons. The van der Waals surface area contributed by atoms with Crippen molar-refractivity contribution in [2.75, 3.05) is 0 Å². The van der Waals surface area contributed by atoms with Crippen LogP contribution in [0.5, 0.6) is 0 Å². The zero-order valence-corrected chi connectivity index (χ0v) is 11.2. The second kappa shape index (κ2) is 4.92. The van der Waals surface area contributed by atoms with Gasteiger partial charge in [-0.15, -0.1) is 0 Å². The van der Waals surface area contributed by atoms with Gasteiger partial charge < -0.3 is 0 Å². The van der Waals surface area contributed by atoms with Crippen molar-refractivity contribution in [1.29, 1.82) is 0 Å². The van der Waals surface area contributed by atoms with E-state index in [9.17, 15) is 0 Å². The van der Waals surface area contributed by atoms with E-state index in [1.54, 1.807) is 0 Å². The zero-order valence-electron chi connectivity index (χ0n) is 9.74. The molecule has 5 heteroatoms. The van der Waals surface area contributed by atoms with Crippen molar-refractivity contribution in [2.45, 2.75) is 25.3 Å². The topological polar surface area (TPSA) is 29.9 Å². The Bertz CT molecular complexity index is 561. The van der Waals surface area contributed by atoms with E-state index in [2.05, 4.69) is 16.0 Å². The summed E-state index contributed by atoms with van der Waals surface area (Å²) >= 11 is 11.6. The molecule has 0 aliphatic heterocycles. The Balaban J connectivity index is 2.03. The molecule has 1 aliphatic carbocycles. The fourth-order valence-electron chi connectivity index (χ4n) is 2.04. The normalized spacial score (nSPS) is 15.0. The third-order valence-corrected chi connectivity index (χ3v) is 3.47. The Morgan fingerprint density at radius 2 is 2.17 bits per heavy atom. The maximum absolute atomic E-state index is 6.02. The predicted molar refractivity (Wildman–Crippen MR) is 73.2 cm³/mol. The molecule has 0 bridgehead atoms. The van der Waals surface area contributed by atoms with Crippen molar-refractivity contribution in [3.05, 3.63) is 46.7 Å². The molecular weight excluding hydrogens is 269 g/mol. The number of nitrogens with one attached hydrogen (secondary N) is 1. The van der Waals surface area contributed by atoms with Crippen LogP contribution in [0, 0.1) is 0 Å². The number of nitrogens with zero attached hydrogens (tertiary/aromatic N) is 2. The SMILES string of the molecule is ClNCc1cc(C2CC2)nn1-c1cccc(Cl)c1. The lowest BCUT2D eigenvalue weighted by Gasteiger charge is -2.06. The van der Waals surface area contributed by atoms with Gasteiger partial charge in [0, 0.05) is 10.9 Å². The average Bonchev–Trinajstić information content (AvgIpc) is 3.12. The summed E-state index contributed by atoms with van der Waals surface area (Å²) in [6, 6.07) is 9.80. The van der Waals surface area contributed by atoms with Gasteiger partial charge in [0.25, 0.3) is 0 Å². The molecule has 1 aliphatic rings. The van der Waals surface area contributed by atoms with Crippen LogP contribution in [0.15, 0.2) is 30.3 Å². The van der Waals surface area contributed by atoms with E-state index < -0.39 is 0 Å². The second-order valence-electron chi connectivity index (χ2n) is 4.54. The van der Waals surface area contributed by atoms with Crippen LogP contribution in [0.2, 0.25) is 5.02 Å². The molecule has 0 saturated heterocycles. The van der Waals surface area contributed by atoms with Gasteiger partial charge in [-0.25, -0.2) is 9.52 Å². The van der Waals surface area contributed by atoms with Crippen LogP contribution >= 0.6 is 23.4 Å². The first-order chi connectivity index (χ1) is 8.78. The number of aromatic nitrogens is 2. The van der Waals surface area contributed by atoms with Gasteiger partial charge in [0.1, 0.15) is 0 Å². The first kappa shape index (κ1) is 12.0. The van der Waals surface area contributed by atoms with Crippen LogP contribution in [0.1, 0.15) is 30.1 Å². The molecule has 0 amide bonds. The monoisotopic (exact) mass is 281 g/mol. The molecule has 1 fully saturated rings. The molecule has 3 rings (SSSR count). The number of halogens is 2. The molecule has 1 N–H and O–H groups in total. The number of benzene rings is 1.